The Balaban J connectivity index is 0.00000289. The summed E-state index contributed by atoms with van der Waals surface area (Å²) in [6, 6.07) is 0.125. The molecule has 108 valence electrons. The van der Waals surface area contributed by atoms with Gasteiger partial charge in [0.2, 0.25) is 15.9 Å². The van der Waals surface area contributed by atoms with Crippen LogP contribution < -0.4 is 5.32 Å². The predicted octanol–water partition coefficient (Wildman–Crippen LogP) is -0.492. The molecule has 0 aromatic heterocycles. The predicted molar refractivity (Wildman–Crippen MR) is 73.4 cm³/mol. The molecule has 0 radical (unpaired) electrons. The molecule has 1 rings (SSSR count). The number of nitrogens with zero attached hydrogens (tertiary/aromatic N) is 2. The van der Waals surface area contributed by atoms with E-state index in [1.165, 1.54) is 16.1 Å². The number of nitrogens with one attached hydrogen (secondary N) is 1. The summed E-state index contributed by atoms with van der Waals surface area (Å²) in [6.45, 7) is 4.86. The number of hydrogen-bond acceptors (Lipinski definition) is 4. The van der Waals surface area contributed by atoms with Gasteiger partial charge in [0.1, 0.15) is 0 Å². The molecule has 0 aliphatic carbocycles. The van der Waals surface area contributed by atoms with Crippen molar-refractivity contribution in [3.05, 3.63) is 0 Å². The van der Waals surface area contributed by atoms with Crippen LogP contribution in [0.3, 0.4) is 0 Å². The second kappa shape index (κ2) is 6.70. The smallest absolute Gasteiger partial charge is 0.241 e. The number of amides is 1. The van der Waals surface area contributed by atoms with Crippen molar-refractivity contribution in [3.8, 4) is 0 Å². The number of carbonyl (C=O) groups is 1. The van der Waals surface area contributed by atoms with Crippen LogP contribution in [-0.2, 0) is 14.8 Å². The van der Waals surface area contributed by atoms with Crippen molar-refractivity contribution in [2.24, 2.45) is 0 Å². The molecular weight excluding hydrogens is 278 g/mol. The fourth-order valence-electron chi connectivity index (χ4n) is 1.84. The number of sulfonamides is 1. The Bertz CT molecular complexity index is 386. The van der Waals surface area contributed by atoms with E-state index in [-0.39, 0.29) is 24.4 Å². The third kappa shape index (κ3) is 3.81. The second-order valence-electron chi connectivity index (χ2n) is 4.63. The molecule has 0 aromatic carbocycles. The molecule has 0 bridgehead atoms. The first-order valence-corrected chi connectivity index (χ1v) is 7.20. The molecule has 2 atom stereocenters. The van der Waals surface area contributed by atoms with Gasteiger partial charge in [-0.15, -0.1) is 12.4 Å². The van der Waals surface area contributed by atoms with Gasteiger partial charge in [-0.1, -0.05) is 0 Å². The van der Waals surface area contributed by atoms with E-state index in [2.05, 4.69) is 5.32 Å². The van der Waals surface area contributed by atoms with Crippen molar-refractivity contribution >= 4 is 28.3 Å². The maximum absolute atomic E-state index is 12.2. The van der Waals surface area contributed by atoms with E-state index in [0.717, 1.165) is 0 Å². The standard InChI is InChI=1S/C10H21N3O3S.ClH/c1-8-7-13(6-5-11-8)17(15,16)9(2)10(14)12(3)4;/h8-9,11H,5-7H2,1-4H3;1H/t8-,9?;/m1./s1. The van der Waals surface area contributed by atoms with Crippen molar-refractivity contribution in [1.82, 2.24) is 14.5 Å². The fraction of sp³-hybridized carbons (Fsp3) is 0.900. The summed E-state index contributed by atoms with van der Waals surface area (Å²) in [5.74, 6) is -0.379. The van der Waals surface area contributed by atoms with Crippen LogP contribution >= 0.6 is 12.4 Å². The maximum Gasteiger partial charge on any atom is 0.241 e. The van der Waals surface area contributed by atoms with Gasteiger partial charge in [-0.3, -0.25) is 4.79 Å². The van der Waals surface area contributed by atoms with Crippen LogP contribution in [-0.4, -0.2) is 68.6 Å². The third-order valence-corrected chi connectivity index (χ3v) is 5.07. The van der Waals surface area contributed by atoms with E-state index < -0.39 is 15.3 Å². The molecule has 0 spiro atoms. The SMILES string of the molecule is CC(C(=O)N(C)C)S(=O)(=O)N1CCN[C@H](C)C1.Cl. The normalized spacial score (nSPS) is 23.0. The average Bonchev–Trinajstić information content (AvgIpc) is 2.26. The monoisotopic (exact) mass is 299 g/mol. The summed E-state index contributed by atoms with van der Waals surface area (Å²) in [7, 11) is -0.409. The van der Waals surface area contributed by atoms with Crippen molar-refractivity contribution in [2.75, 3.05) is 33.7 Å². The van der Waals surface area contributed by atoms with Crippen LogP contribution in [0.2, 0.25) is 0 Å². The lowest BCUT2D eigenvalue weighted by Crippen LogP contribution is -2.54. The number of rotatable bonds is 3. The lowest BCUT2D eigenvalue weighted by Gasteiger charge is -2.33. The van der Waals surface area contributed by atoms with Crippen LogP contribution in [0.5, 0.6) is 0 Å². The quantitative estimate of drug-likeness (QED) is 0.763. The Labute approximate surface area is 115 Å². The number of hydrogen-bond donors (Lipinski definition) is 1. The molecule has 1 amide bonds. The van der Waals surface area contributed by atoms with Gasteiger partial charge in [0.15, 0.2) is 5.25 Å². The number of halogens is 1. The zero-order valence-electron chi connectivity index (χ0n) is 11.2. The molecule has 1 unspecified atom stereocenters. The Morgan fingerprint density at radius 3 is 2.44 bits per heavy atom. The maximum atomic E-state index is 12.2. The van der Waals surface area contributed by atoms with Crippen LogP contribution in [0.25, 0.3) is 0 Å². The van der Waals surface area contributed by atoms with Gasteiger partial charge in [-0.2, -0.15) is 4.31 Å². The molecule has 1 aliphatic heterocycles. The largest absolute Gasteiger partial charge is 0.348 e. The van der Waals surface area contributed by atoms with E-state index in [1.807, 2.05) is 6.92 Å². The summed E-state index contributed by atoms with van der Waals surface area (Å²) < 4.78 is 25.9. The summed E-state index contributed by atoms with van der Waals surface area (Å²) in [5, 5.41) is 2.16. The Kier molecular flexibility index (Phi) is 6.56. The molecule has 6 nitrogen and oxygen atoms in total. The van der Waals surface area contributed by atoms with Gasteiger partial charge in [0, 0.05) is 39.8 Å². The first-order valence-electron chi connectivity index (χ1n) is 5.70. The fourth-order valence-corrected chi connectivity index (χ4v) is 3.53. The second-order valence-corrected chi connectivity index (χ2v) is 6.89. The Morgan fingerprint density at radius 1 is 1.44 bits per heavy atom. The summed E-state index contributed by atoms with van der Waals surface area (Å²) >= 11 is 0. The van der Waals surface area contributed by atoms with Gasteiger partial charge < -0.3 is 10.2 Å². The highest BCUT2D eigenvalue weighted by atomic mass is 35.5. The summed E-state index contributed by atoms with van der Waals surface area (Å²) in [5.41, 5.74) is 0. The number of carbonyl (C=O) groups excluding carboxylic acids is 1. The van der Waals surface area contributed by atoms with Crippen LogP contribution in [0.4, 0.5) is 0 Å². The van der Waals surface area contributed by atoms with Gasteiger partial charge in [-0.25, -0.2) is 8.42 Å². The molecule has 18 heavy (non-hydrogen) atoms. The van der Waals surface area contributed by atoms with E-state index >= 15 is 0 Å². The first-order chi connectivity index (χ1) is 7.76. The van der Waals surface area contributed by atoms with Crippen molar-refractivity contribution in [1.29, 1.82) is 0 Å². The minimum atomic E-state index is -3.54. The van der Waals surface area contributed by atoms with Crippen LogP contribution in [0.15, 0.2) is 0 Å². The van der Waals surface area contributed by atoms with Crippen LogP contribution in [0, 0.1) is 0 Å². The zero-order valence-corrected chi connectivity index (χ0v) is 12.8. The van der Waals surface area contributed by atoms with Crippen LogP contribution in [0.1, 0.15) is 13.8 Å². The molecule has 8 heteroatoms. The molecule has 1 aliphatic rings. The van der Waals surface area contributed by atoms with Gasteiger partial charge >= 0.3 is 0 Å². The molecule has 0 saturated carbocycles. The molecule has 0 aromatic rings. The minimum Gasteiger partial charge on any atom is -0.348 e. The average molecular weight is 300 g/mol. The van der Waals surface area contributed by atoms with Gasteiger partial charge in [0.05, 0.1) is 0 Å². The highest BCUT2D eigenvalue weighted by Crippen LogP contribution is 2.13. The minimum absolute atomic E-state index is 0. The van der Waals surface area contributed by atoms with E-state index in [0.29, 0.717) is 19.6 Å². The molecule has 1 fully saturated rings. The molecule has 1 heterocycles. The van der Waals surface area contributed by atoms with Crippen molar-refractivity contribution < 1.29 is 13.2 Å². The molecule has 1 saturated heterocycles. The van der Waals surface area contributed by atoms with Crippen molar-refractivity contribution in [2.45, 2.75) is 25.1 Å². The topological polar surface area (TPSA) is 69.7 Å². The lowest BCUT2D eigenvalue weighted by molar-refractivity contribution is -0.128. The van der Waals surface area contributed by atoms with E-state index in [9.17, 15) is 13.2 Å². The van der Waals surface area contributed by atoms with E-state index in [4.69, 9.17) is 0 Å². The van der Waals surface area contributed by atoms with E-state index in [1.54, 1.807) is 14.1 Å². The van der Waals surface area contributed by atoms with Gasteiger partial charge in [-0.05, 0) is 13.8 Å². The first kappa shape index (κ1) is 17.6. The van der Waals surface area contributed by atoms with Crippen molar-refractivity contribution in [3.63, 3.8) is 0 Å². The Hall–Kier alpha value is -0.370. The third-order valence-electron chi connectivity index (χ3n) is 2.93. The highest BCUT2D eigenvalue weighted by Gasteiger charge is 2.36. The zero-order chi connectivity index (χ0) is 13.2. The van der Waals surface area contributed by atoms with Gasteiger partial charge in [0.25, 0.3) is 0 Å². The lowest BCUT2D eigenvalue weighted by atomic mass is 10.3. The Morgan fingerprint density at radius 2 is 2.00 bits per heavy atom. The molecular formula is C10H22ClN3O3S. The number of piperazine rings is 1. The summed E-state index contributed by atoms with van der Waals surface area (Å²) in [6.07, 6.45) is 0. The summed E-state index contributed by atoms with van der Waals surface area (Å²) in [4.78, 5) is 13.0. The highest BCUT2D eigenvalue weighted by molar-refractivity contribution is 7.90. The molecule has 1 N–H and O–H groups in total.